The Hall–Kier alpha value is -2.08. The van der Waals surface area contributed by atoms with Gasteiger partial charge in [0.1, 0.15) is 0 Å². The molecular weight excluding hydrogens is 402 g/mol. The van der Waals surface area contributed by atoms with Gasteiger partial charge in [0, 0.05) is 24.2 Å². The summed E-state index contributed by atoms with van der Waals surface area (Å²) in [7, 11) is 0. The Balaban J connectivity index is 1.38. The monoisotopic (exact) mass is 439 g/mol. The second kappa shape index (κ2) is 9.42. The smallest absolute Gasteiger partial charge is 0.338 e. The zero-order valence-electron chi connectivity index (χ0n) is 19.3. The van der Waals surface area contributed by atoms with Gasteiger partial charge < -0.3 is 15.0 Å². The number of hydrogen-bond acceptors (Lipinski definition) is 5. The molecule has 3 atom stereocenters. The molecule has 6 heteroatoms. The van der Waals surface area contributed by atoms with Gasteiger partial charge in [0.2, 0.25) is 6.04 Å². The molecule has 3 aliphatic heterocycles. The van der Waals surface area contributed by atoms with Gasteiger partial charge in [-0.3, -0.25) is 9.69 Å². The lowest BCUT2D eigenvalue weighted by atomic mass is 9.88. The van der Waals surface area contributed by atoms with Crippen molar-refractivity contribution < 1.29 is 14.3 Å². The number of anilines is 2. The molecule has 32 heavy (non-hydrogen) atoms. The summed E-state index contributed by atoms with van der Waals surface area (Å²) in [6.45, 7) is 2.05. The lowest BCUT2D eigenvalue weighted by Gasteiger charge is -2.48. The largest absolute Gasteiger partial charge is 0.464 e. The Morgan fingerprint density at radius 3 is 2.28 bits per heavy atom. The Morgan fingerprint density at radius 2 is 1.59 bits per heavy atom. The predicted octanol–water partition coefficient (Wildman–Crippen LogP) is 4.49. The summed E-state index contributed by atoms with van der Waals surface area (Å²) < 4.78 is 5.22. The minimum atomic E-state index is -0.953. The zero-order valence-corrected chi connectivity index (χ0v) is 19.3. The molecular formula is C26H37N3O3. The first-order chi connectivity index (χ1) is 15.7. The molecule has 1 aromatic carbocycles. The summed E-state index contributed by atoms with van der Waals surface area (Å²) >= 11 is 0. The van der Waals surface area contributed by atoms with Crippen molar-refractivity contribution in [1.82, 2.24) is 4.90 Å². The third-order valence-corrected chi connectivity index (χ3v) is 8.10. The van der Waals surface area contributed by atoms with E-state index in [2.05, 4.69) is 10.2 Å². The van der Waals surface area contributed by atoms with E-state index in [4.69, 9.17) is 4.74 Å². The van der Waals surface area contributed by atoms with Gasteiger partial charge >= 0.3 is 5.97 Å². The maximum Gasteiger partial charge on any atom is 0.338 e. The molecule has 5 rings (SSSR count). The van der Waals surface area contributed by atoms with Gasteiger partial charge in [-0.15, -0.1) is 0 Å². The molecule has 1 aliphatic carbocycles. The van der Waals surface area contributed by atoms with Crippen molar-refractivity contribution in [3.63, 3.8) is 0 Å². The lowest BCUT2D eigenvalue weighted by Crippen LogP contribution is -2.60. The van der Waals surface area contributed by atoms with Crippen LogP contribution in [0.25, 0.3) is 0 Å². The number of nitrogens with one attached hydrogen (secondary N) is 1. The molecule has 2 saturated heterocycles. The van der Waals surface area contributed by atoms with Crippen LogP contribution in [0.1, 0.15) is 77.6 Å². The minimum Gasteiger partial charge on any atom is -0.464 e. The van der Waals surface area contributed by atoms with Crippen molar-refractivity contribution >= 4 is 23.3 Å². The van der Waals surface area contributed by atoms with E-state index < -0.39 is 12.0 Å². The van der Waals surface area contributed by atoms with Crippen LogP contribution in [0.5, 0.6) is 0 Å². The van der Waals surface area contributed by atoms with Crippen molar-refractivity contribution in [3.8, 4) is 0 Å². The number of rotatable bonds is 4. The fourth-order valence-electron chi connectivity index (χ4n) is 6.77. The number of hydrogen-bond donors (Lipinski definition) is 1. The predicted molar refractivity (Wildman–Crippen MR) is 126 cm³/mol. The first kappa shape index (κ1) is 21.7. The van der Waals surface area contributed by atoms with Crippen LogP contribution in [0, 0.1) is 0 Å². The lowest BCUT2D eigenvalue weighted by molar-refractivity contribution is -0.146. The molecule has 174 valence electrons. The van der Waals surface area contributed by atoms with Crippen molar-refractivity contribution in [3.05, 3.63) is 24.3 Å². The summed E-state index contributed by atoms with van der Waals surface area (Å²) in [5, 5.41) is 3.14. The minimum absolute atomic E-state index is 0.144. The van der Waals surface area contributed by atoms with Gasteiger partial charge in [-0.2, -0.15) is 0 Å². The van der Waals surface area contributed by atoms with Crippen molar-refractivity contribution in [2.45, 2.75) is 108 Å². The van der Waals surface area contributed by atoms with Crippen LogP contribution in [0.15, 0.2) is 24.3 Å². The number of carbonyl (C=O) groups is 2. The van der Waals surface area contributed by atoms with Gasteiger partial charge in [0.25, 0.3) is 5.91 Å². The van der Waals surface area contributed by atoms with Crippen molar-refractivity contribution in [2.24, 2.45) is 0 Å². The third kappa shape index (κ3) is 4.02. The van der Waals surface area contributed by atoms with Crippen LogP contribution < -0.4 is 10.2 Å². The molecule has 1 saturated carbocycles. The molecule has 6 nitrogen and oxygen atoms in total. The Morgan fingerprint density at radius 1 is 0.938 bits per heavy atom. The van der Waals surface area contributed by atoms with Crippen molar-refractivity contribution in [1.29, 1.82) is 0 Å². The number of benzene rings is 1. The molecule has 0 spiro atoms. The summed E-state index contributed by atoms with van der Waals surface area (Å²) in [5.74, 6) is -0.641. The van der Waals surface area contributed by atoms with Crippen LogP contribution in [0.4, 0.5) is 11.4 Å². The highest BCUT2D eigenvalue weighted by atomic mass is 16.5. The highest BCUT2D eigenvalue weighted by Gasteiger charge is 2.48. The van der Waals surface area contributed by atoms with Gasteiger partial charge in [-0.25, -0.2) is 4.79 Å². The number of carbonyl (C=O) groups excluding carboxylic acids is 2. The molecule has 0 aromatic heterocycles. The molecule has 3 unspecified atom stereocenters. The van der Waals surface area contributed by atoms with E-state index in [1.54, 1.807) is 6.92 Å². The average molecular weight is 440 g/mol. The number of nitrogens with zero attached hydrogens (tertiary/aromatic N) is 2. The van der Waals surface area contributed by atoms with Gasteiger partial charge in [-0.1, -0.05) is 44.2 Å². The zero-order chi connectivity index (χ0) is 22.1. The van der Waals surface area contributed by atoms with E-state index in [0.717, 1.165) is 24.2 Å². The Bertz CT molecular complexity index is 821. The average Bonchev–Trinajstić information content (AvgIpc) is 3.02. The van der Waals surface area contributed by atoms with Crippen LogP contribution in [-0.2, 0) is 14.3 Å². The van der Waals surface area contributed by atoms with Crippen LogP contribution in [-0.4, -0.2) is 53.6 Å². The van der Waals surface area contributed by atoms with E-state index in [9.17, 15) is 9.59 Å². The summed E-state index contributed by atoms with van der Waals surface area (Å²) in [6.07, 6.45) is 14.0. The number of fused-ring (bicyclic) bond motifs is 3. The molecule has 1 aromatic rings. The number of piperidine rings is 1. The first-order valence-corrected chi connectivity index (χ1v) is 12.8. The summed E-state index contributed by atoms with van der Waals surface area (Å²) in [6, 6.07) is 8.90. The topological polar surface area (TPSA) is 61.9 Å². The fraction of sp³-hybridized carbons (Fsp3) is 0.692. The SMILES string of the molecule is CCOC(=O)C1Nc2ccccc2N(C2CC3CCC(C2)N3C2CCCCCCC2)C1=O. The first-order valence-electron chi connectivity index (χ1n) is 12.8. The summed E-state index contributed by atoms with van der Waals surface area (Å²) in [4.78, 5) is 30.9. The van der Waals surface area contributed by atoms with Crippen LogP contribution in [0.3, 0.4) is 0 Å². The van der Waals surface area contributed by atoms with E-state index in [1.807, 2.05) is 29.2 Å². The van der Waals surface area contributed by atoms with E-state index in [1.165, 1.54) is 57.8 Å². The highest BCUT2D eigenvalue weighted by molar-refractivity contribution is 6.15. The molecule has 3 heterocycles. The quantitative estimate of drug-likeness (QED) is 0.553. The maximum atomic E-state index is 13.6. The Labute approximate surface area is 191 Å². The number of esters is 1. The number of para-hydroxylation sites is 2. The van der Waals surface area contributed by atoms with Gasteiger partial charge in [-0.05, 0) is 57.6 Å². The number of ether oxygens (including phenoxy) is 1. The van der Waals surface area contributed by atoms with Crippen LogP contribution >= 0.6 is 0 Å². The van der Waals surface area contributed by atoms with Gasteiger partial charge in [0.05, 0.1) is 18.0 Å². The Kier molecular flexibility index (Phi) is 6.40. The van der Waals surface area contributed by atoms with E-state index in [0.29, 0.717) is 18.1 Å². The number of amides is 1. The van der Waals surface area contributed by atoms with E-state index in [-0.39, 0.29) is 18.6 Å². The molecule has 1 N–H and O–H groups in total. The fourth-order valence-corrected chi connectivity index (χ4v) is 6.77. The summed E-state index contributed by atoms with van der Waals surface area (Å²) in [5.41, 5.74) is 1.75. The molecule has 0 radical (unpaired) electrons. The molecule has 1 amide bonds. The third-order valence-electron chi connectivity index (χ3n) is 8.10. The molecule has 3 fully saturated rings. The second-order valence-corrected chi connectivity index (χ2v) is 10.0. The standard InChI is InChI=1S/C26H37N3O3/c1-2-32-26(31)24-25(30)29(23-13-9-8-12-22(23)27-24)21-16-19-14-15-20(17-21)28(19)18-10-6-4-3-5-7-11-18/h8-9,12-13,18-21,24,27H,2-7,10-11,14-17H2,1H3. The van der Waals surface area contributed by atoms with E-state index >= 15 is 0 Å². The van der Waals surface area contributed by atoms with Crippen molar-refractivity contribution in [2.75, 3.05) is 16.8 Å². The molecule has 4 aliphatic rings. The maximum absolute atomic E-state index is 13.6. The normalized spacial score (nSPS) is 31.4. The molecule has 2 bridgehead atoms. The second-order valence-electron chi connectivity index (χ2n) is 10.0. The van der Waals surface area contributed by atoms with Crippen LogP contribution in [0.2, 0.25) is 0 Å². The van der Waals surface area contributed by atoms with Gasteiger partial charge in [0.15, 0.2) is 0 Å². The highest BCUT2D eigenvalue weighted by Crippen LogP contribution is 2.44.